The first-order valence-corrected chi connectivity index (χ1v) is 9.02. The molecule has 1 aliphatic heterocycles. The maximum atomic E-state index is 11.1. The van der Waals surface area contributed by atoms with E-state index in [0.717, 1.165) is 17.9 Å². The first kappa shape index (κ1) is 21.4. The van der Waals surface area contributed by atoms with Crippen LogP contribution in [0.3, 0.4) is 0 Å². The Morgan fingerprint density at radius 1 is 1.11 bits per heavy atom. The fourth-order valence-corrected chi connectivity index (χ4v) is 3.51. The Bertz CT molecular complexity index is 707. The van der Waals surface area contributed by atoms with Crippen molar-refractivity contribution >= 4 is 12.4 Å². The molecule has 0 aliphatic carbocycles. The van der Waals surface area contributed by atoms with Crippen LogP contribution in [0.15, 0.2) is 48.5 Å². The van der Waals surface area contributed by atoms with E-state index in [9.17, 15) is 10.2 Å². The zero-order valence-corrected chi connectivity index (χ0v) is 16.5. The van der Waals surface area contributed by atoms with Gasteiger partial charge in [-0.1, -0.05) is 12.1 Å². The summed E-state index contributed by atoms with van der Waals surface area (Å²) >= 11 is 0. The molecule has 1 saturated heterocycles. The summed E-state index contributed by atoms with van der Waals surface area (Å²) in [6.45, 7) is 2.75. The second kappa shape index (κ2) is 9.31. The lowest BCUT2D eigenvalue weighted by molar-refractivity contribution is -0.0206. The maximum absolute atomic E-state index is 11.1. The molecular formula is C21H28ClNO4. The van der Waals surface area contributed by atoms with E-state index < -0.39 is 5.60 Å². The zero-order valence-electron chi connectivity index (χ0n) is 15.7. The van der Waals surface area contributed by atoms with Gasteiger partial charge in [-0.15, -0.1) is 12.4 Å². The summed E-state index contributed by atoms with van der Waals surface area (Å²) in [7, 11) is 1.65. The van der Waals surface area contributed by atoms with E-state index in [0.29, 0.717) is 25.0 Å². The minimum Gasteiger partial charge on any atom is -0.508 e. The summed E-state index contributed by atoms with van der Waals surface area (Å²) < 4.78 is 11.2. The number of benzene rings is 2. The van der Waals surface area contributed by atoms with Crippen LogP contribution in [0.1, 0.15) is 25.3 Å². The number of nitrogens with one attached hydrogen (secondary N) is 1. The van der Waals surface area contributed by atoms with Gasteiger partial charge in [-0.2, -0.15) is 0 Å². The molecule has 6 heteroatoms. The normalized spacial score (nSPS) is 23.1. The summed E-state index contributed by atoms with van der Waals surface area (Å²) in [4.78, 5) is 0. The lowest BCUT2D eigenvalue weighted by Crippen LogP contribution is -2.54. The van der Waals surface area contributed by atoms with Gasteiger partial charge in [0.05, 0.1) is 12.7 Å². The molecule has 0 saturated carbocycles. The molecule has 3 rings (SSSR count). The number of methoxy groups -OCH3 is 1. The van der Waals surface area contributed by atoms with Crippen molar-refractivity contribution in [3.8, 4) is 17.2 Å². The first-order chi connectivity index (χ1) is 12.5. The van der Waals surface area contributed by atoms with E-state index in [4.69, 9.17) is 9.47 Å². The van der Waals surface area contributed by atoms with Gasteiger partial charge in [0.25, 0.3) is 0 Å². The molecule has 1 fully saturated rings. The summed E-state index contributed by atoms with van der Waals surface area (Å²) in [5.41, 5.74) is 0.345. The molecular weight excluding hydrogens is 366 g/mol. The molecule has 5 nitrogen and oxygen atoms in total. The Hall–Kier alpha value is -1.95. The Morgan fingerprint density at radius 3 is 2.37 bits per heavy atom. The molecule has 1 aliphatic rings. The van der Waals surface area contributed by atoms with Gasteiger partial charge < -0.3 is 25.0 Å². The number of piperidine rings is 1. The van der Waals surface area contributed by atoms with E-state index in [2.05, 4.69) is 5.32 Å². The van der Waals surface area contributed by atoms with Crippen LogP contribution in [-0.4, -0.2) is 41.6 Å². The van der Waals surface area contributed by atoms with E-state index in [1.807, 2.05) is 31.2 Å². The second-order valence-electron chi connectivity index (χ2n) is 7.08. The molecule has 148 valence electrons. The lowest BCUT2D eigenvalue weighted by atomic mass is 9.81. The van der Waals surface area contributed by atoms with Crippen molar-refractivity contribution < 1.29 is 19.7 Å². The Balaban J connectivity index is 0.00000261. The van der Waals surface area contributed by atoms with Crippen molar-refractivity contribution in [1.29, 1.82) is 0 Å². The highest BCUT2D eigenvalue weighted by Gasteiger charge is 2.37. The Labute approximate surface area is 166 Å². The number of ether oxygens (including phenoxy) is 2. The molecule has 3 unspecified atom stereocenters. The van der Waals surface area contributed by atoms with Crippen LogP contribution in [0.5, 0.6) is 17.2 Å². The molecule has 27 heavy (non-hydrogen) atoms. The minimum atomic E-state index is -0.753. The zero-order chi connectivity index (χ0) is 18.6. The number of phenols is 1. The Kier molecular flexibility index (Phi) is 7.36. The third-order valence-corrected chi connectivity index (χ3v) is 5.01. The van der Waals surface area contributed by atoms with E-state index in [1.54, 1.807) is 31.4 Å². The smallest absolute Gasteiger partial charge is 0.120 e. The van der Waals surface area contributed by atoms with Crippen LogP contribution in [0.2, 0.25) is 0 Å². The number of aliphatic hydroxyl groups is 1. The van der Waals surface area contributed by atoms with Crippen LogP contribution < -0.4 is 14.8 Å². The average molecular weight is 394 g/mol. The fraction of sp³-hybridized carbons (Fsp3) is 0.429. The van der Waals surface area contributed by atoms with Crippen molar-refractivity contribution in [2.75, 3.05) is 13.7 Å². The molecule has 2 aromatic carbocycles. The van der Waals surface area contributed by atoms with Gasteiger partial charge in [-0.25, -0.2) is 0 Å². The van der Waals surface area contributed by atoms with E-state index in [-0.39, 0.29) is 30.3 Å². The van der Waals surface area contributed by atoms with E-state index >= 15 is 0 Å². The first-order valence-electron chi connectivity index (χ1n) is 9.02. The summed E-state index contributed by atoms with van der Waals surface area (Å²) in [5.74, 6) is 1.75. The molecule has 0 aromatic heterocycles. The lowest BCUT2D eigenvalue weighted by Gasteiger charge is -2.40. The van der Waals surface area contributed by atoms with Gasteiger partial charge >= 0.3 is 0 Å². The average Bonchev–Trinajstić information content (AvgIpc) is 2.64. The quantitative estimate of drug-likeness (QED) is 0.702. The monoisotopic (exact) mass is 393 g/mol. The molecule has 0 radical (unpaired) electrons. The number of aromatic hydroxyl groups is 1. The predicted molar refractivity (Wildman–Crippen MR) is 108 cm³/mol. The van der Waals surface area contributed by atoms with Crippen molar-refractivity contribution in [3.63, 3.8) is 0 Å². The number of rotatable bonds is 6. The van der Waals surface area contributed by atoms with Crippen molar-refractivity contribution in [2.24, 2.45) is 0 Å². The topological polar surface area (TPSA) is 71.0 Å². The molecule has 3 N–H and O–H groups in total. The van der Waals surface area contributed by atoms with Crippen LogP contribution in [-0.2, 0) is 6.42 Å². The molecule has 2 aromatic rings. The highest BCUT2D eigenvalue weighted by molar-refractivity contribution is 5.85. The van der Waals surface area contributed by atoms with Crippen LogP contribution in [0.25, 0.3) is 0 Å². The summed E-state index contributed by atoms with van der Waals surface area (Å²) in [6.07, 6.45) is 1.85. The van der Waals surface area contributed by atoms with Gasteiger partial charge in [0, 0.05) is 12.5 Å². The molecule has 0 amide bonds. The number of hydrogen-bond acceptors (Lipinski definition) is 5. The number of hydrogen-bond donors (Lipinski definition) is 3. The van der Waals surface area contributed by atoms with Crippen molar-refractivity contribution in [2.45, 2.75) is 43.9 Å². The molecule has 0 spiro atoms. The van der Waals surface area contributed by atoms with Crippen molar-refractivity contribution in [1.82, 2.24) is 5.32 Å². The van der Waals surface area contributed by atoms with Gasteiger partial charge in [-0.05, 0) is 68.3 Å². The van der Waals surface area contributed by atoms with Crippen LogP contribution in [0, 0.1) is 0 Å². The highest BCUT2D eigenvalue weighted by atomic mass is 35.5. The highest BCUT2D eigenvalue weighted by Crippen LogP contribution is 2.29. The van der Waals surface area contributed by atoms with Gasteiger partial charge in [0.2, 0.25) is 0 Å². The van der Waals surface area contributed by atoms with Crippen LogP contribution >= 0.6 is 12.4 Å². The van der Waals surface area contributed by atoms with Crippen LogP contribution in [0.4, 0.5) is 0 Å². The summed E-state index contributed by atoms with van der Waals surface area (Å²) in [6, 6.07) is 14.6. The van der Waals surface area contributed by atoms with Gasteiger partial charge in [0.1, 0.15) is 23.4 Å². The molecule has 1 heterocycles. The SMILES string of the molecule is COc1ccc(CC2(O)CCNC(C(C)Oc3ccc(O)cc3)C2)cc1.Cl. The largest absolute Gasteiger partial charge is 0.508 e. The third kappa shape index (κ3) is 5.76. The van der Waals surface area contributed by atoms with Gasteiger partial charge in [0.15, 0.2) is 0 Å². The maximum Gasteiger partial charge on any atom is 0.120 e. The summed E-state index contributed by atoms with van der Waals surface area (Å²) in [5, 5.41) is 23.9. The number of halogens is 1. The minimum absolute atomic E-state index is 0. The Morgan fingerprint density at radius 2 is 1.74 bits per heavy atom. The third-order valence-electron chi connectivity index (χ3n) is 5.01. The van der Waals surface area contributed by atoms with E-state index in [1.165, 1.54) is 0 Å². The van der Waals surface area contributed by atoms with Crippen molar-refractivity contribution in [3.05, 3.63) is 54.1 Å². The predicted octanol–water partition coefficient (Wildman–Crippen LogP) is 3.32. The standard InChI is InChI=1S/C21H27NO4.ClH/c1-15(26-19-9-5-17(23)6-10-19)20-14-21(24,11-12-22-20)13-16-3-7-18(25-2)8-4-16;/h3-10,15,20,22-24H,11-14H2,1-2H3;1H. The molecule has 0 bridgehead atoms. The fourth-order valence-electron chi connectivity index (χ4n) is 3.51. The molecule has 3 atom stereocenters. The van der Waals surface area contributed by atoms with Gasteiger partial charge in [-0.3, -0.25) is 0 Å². The number of phenolic OH excluding ortho intramolecular Hbond substituents is 1. The second-order valence-corrected chi connectivity index (χ2v) is 7.08.